The summed E-state index contributed by atoms with van der Waals surface area (Å²) in [6.07, 6.45) is 5.13. The lowest BCUT2D eigenvalue weighted by Crippen LogP contribution is -1.95. The predicted molar refractivity (Wildman–Crippen MR) is 60.5 cm³/mol. The van der Waals surface area contributed by atoms with Gasteiger partial charge in [-0.3, -0.25) is 0 Å². The number of nitrogens with zero attached hydrogens (tertiary/aromatic N) is 1. The van der Waals surface area contributed by atoms with E-state index in [4.69, 9.17) is 16.9 Å². The van der Waals surface area contributed by atoms with E-state index in [2.05, 4.69) is 10.9 Å². The van der Waals surface area contributed by atoms with Gasteiger partial charge in [-0.15, -0.1) is 6.42 Å². The van der Waals surface area contributed by atoms with E-state index >= 15 is 0 Å². The molecule has 1 heterocycles. The molecule has 0 atom stereocenters. The fourth-order valence-corrected chi connectivity index (χ4v) is 1.39. The summed E-state index contributed by atoms with van der Waals surface area (Å²) in [6, 6.07) is 9.22. The molecule has 1 aromatic heterocycles. The number of hydrogen-bond donors (Lipinski definition) is 1. The lowest BCUT2D eigenvalue weighted by Gasteiger charge is -2.06. The van der Waals surface area contributed by atoms with Crippen molar-refractivity contribution in [2.45, 2.75) is 0 Å². The minimum absolute atomic E-state index is 0.253. The van der Waals surface area contributed by atoms with Gasteiger partial charge >= 0.3 is 0 Å². The first-order valence-electron chi connectivity index (χ1n) is 4.53. The molecule has 0 saturated carbocycles. The molecule has 0 fully saturated rings. The summed E-state index contributed by atoms with van der Waals surface area (Å²) in [7, 11) is 0. The third-order valence-corrected chi connectivity index (χ3v) is 2.02. The van der Waals surface area contributed by atoms with E-state index in [-0.39, 0.29) is 6.61 Å². The molecule has 0 aliphatic rings. The van der Waals surface area contributed by atoms with E-state index < -0.39 is 0 Å². The molecular weight excluding hydrogens is 188 g/mol. The number of hydrogen-bond acceptors (Lipinski definition) is 3. The Morgan fingerprint density at radius 1 is 1.33 bits per heavy atom. The van der Waals surface area contributed by atoms with Crippen molar-refractivity contribution in [1.82, 2.24) is 4.98 Å². The molecule has 0 spiro atoms. The monoisotopic (exact) mass is 198 g/mol. The fourth-order valence-electron chi connectivity index (χ4n) is 1.39. The van der Waals surface area contributed by atoms with Gasteiger partial charge in [0.25, 0.3) is 0 Å². The highest BCUT2D eigenvalue weighted by molar-refractivity contribution is 5.86. The molecule has 0 aliphatic heterocycles. The van der Waals surface area contributed by atoms with E-state index in [0.29, 0.717) is 5.82 Å². The van der Waals surface area contributed by atoms with E-state index in [1.165, 1.54) is 0 Å². The van der Waals surface area contributed by atoms with Gasteiger partial charge in [0.2, 0.25) is 0 Å². The number of nitrogen functional groups attached to an aromatic ring is 1. The maximum Gasteiger partial charge on any atom is 0.148 e. The quantitative estimate of drug-likeness (QED) is 0.749. The first-order valence-corrected chi connectivity index (χ1v) is 4.53. The van der Waals surface area contributed by atoms with Gasteiger partial charge in [0.15, 0.2) is 0 Å². The Labute approximate surface area is 87.9 Å². The number of rotatable bonds is 2. The van der Waals surface area contributed by atoms with Gasteiger partial charge in [0, 0.05) is 5.39 Å². The molecule has 1 aromatic carbocycles. The summed E-state index contributed by atoms with van der Waals surface area (Å²) in [5, 5.41) is 0.918. The van der Waals surface area contributed by atoms with Crippen molar-refractivity contribution in [2.75, 3.05) is 12.3 Å². The summed E-state index contributed by atoms with van der Waals surface area (Å²) in [5.74, 6) is 3.66. The molecule has 0 aliphatic carbocycles. The smallest absolute Gasteiger partial charge is 0.148 e. The molecule has 0 radical (unpaired) electrons. The minimum Gasteiger partial charge on any atom is -0.480 e. The van der Waals surface area contributed by atoms with Gasteiger partial charge < -0.3 is 10.5 Å². The van der Waals surface area contributed by atoms with Crippen LogP contribution in [-0.2, 0) is 0 Å². The van der Waals surface area contributed by atoms with Crippen molar-refractivity contribution in [3.05, 3.63) is 30.3 Å². The average molecular weight is 198 g/mol. The zero-order chi connectivity index (χ0) is 10.7. The van der Waals surface area contributed by atoms with Crippen molar-refractivity contribution < 1.29 is 4.74 Å². The number of pyridine rings is 1. The SMILES string of the molecule is C#CCOc1cccc2nc(N)ccc12. The number of nitrogens with two attached hydrogens (primary N) is 1. The molecule has 2 aromatic rings. The summed E-state index contributed by atoms with van der Waals surface area (Å²) >= 11 is 0. The maximum absolute atomic E-state index is 5.59. The number of ether oxygens (including phenoxy) is 1. The highest BCUT2D eigenvalue weighted by Gasteiger charge is 2.02. The number of aromatic nitrogens is 1. The zero-order valence-electron chi connectivity index (χ0n) is 8.10. The van der Waals surface area contributed by atoms with Crippen LogP contribution < -0.4 is 10.5 Å². The second kappa shape index (κ2) is 3.89. The van der Waals surface area contributed by atoms with Crippen LogP contribution in [0.1, 0.15) is 0 Å². The number of fused-ring (bicyclic) bond motifs is 1. The van der Waals surface area contributed by atoms with Crippen LogP contribution in [0.2, 0.25) is 0 Å². The van der Waals surface area contributed by atoms with Crippen LogP contribution in [0.4, 0.5) is 5.82 Å². The van der Waals surface area contributed by atoms with Crippen molar-refractivity contribution in [2.24, 2.45) is 0 Å². The molecule has 0 unspecified atom stereocenters. The van der Waals surface area contributed by atoms with Crippen LogP contribution >= 0.6 is 0 Å². The molecular formula is C12H10N2O. The predicted octanol–water partition coefficient (Wildman–Crippen LogP) is 1.83. The normalized spacial score (nSPS) is 9.80. The highest BCUT2D eigenvalue weighted by Crippen LogP contribution is 2.24. The molecule has 0 saturated heterocycles. The van der Waals surface area contributed by atoms with E-state index in [0.717, 1.165) is 16.7 Å². The molecule has 2 N–H and O–H groups in total. The van der Waals surface area contributed by atoms with E-state index in [1.807, 2.05) is 24.3 Å². The van der Waals surface area contributed by atoms with Gasteiger partial charge in [-0.25, -0.2) is 4.98 Å². The summed E-state index contributed by atoms with van der Waals surface area (Å²) in [5.41, 5.74) is 6.40. The van der Waals surface area contributed by atoms with Crippen LogP contribution in [0.5, 0.6) is 5.75 Å². The zero-order valence-corrected chi connectivity index (χ0v) is 8.10. The Bertz CT molecular complexity index is 529. The third kappa shape index (κ3) is 1.84. The summed E-state index contributed by atoms with van der Waals surface area (Å²) in [4.78, 5) is 4.19. The molecule has 0 amide bonds. The minimum atomic E-state index is 0.253. The number of anilines is 1. The Kier molecular flexibility index (Phi) is 2.42. The molecule has 0 bridgehead atoms. The average Bonchev–Trinajstić information content (AvgIpc) is 2.25. The van der Waals surface area contributed by atoms with Gasteiger partial charge in [-0.2, -0.15) is 0 Å². The van der Waals surface area contributed by atoms with E-state index in [1.54, 1.807) is 6.07 Å². The molecule has 3 heteroatoms. The lowest BCUT2D eigenvalue weighted by atomic mass is 10.2. The summed E-state index contributed by atoms with van der Waals surface area (Å²) in [6.45, 7) is 0.253. The molecule has 15 heavy (non-hydrogen) atoms. The lowest BCUT2D eigenvalue weighted by molar-refractivity contribution is 0.375. The van der Waals surface area contributed by atoms with Crippen LogP contribution in [0.3, 0.4) is 0 Å². The van der Waals surface area contributed by atoms with E-state index in [9.17, 15) is 0 Å². The van der Waals surface area contributed by atoms with Gasteiger partial charge in [0.1, 0.15) is 18.2 Å². The van der Waals surface area contributed by atoms with Crippen molar-refractivity contribution >= 4 is 16.7 Å². The van der Waals surface area contributed by atoms with Crippen LogP contribution in [0, 0.1) is 12.3 Å². The molecule has 2 rings (SSSR count). The van der Waals surface area contributed by atoms with Crippen LogP contribution in [-0.4, -0.2) is 11.6 Å². The Balaban J connectivity index is 2.52. The molecule has 74 valence electrons. The second-order valence-electron chi connectivity index (χ2n) is 3.05. The third-order valence-electron chi connectivity index (χ3n) is 2.02. The Morgan fingerprint density at radius 3 is 3.00 bits per heavy atom. The largest absolute Gasteiger partial charge is 0.480 e. The van der Waals surface area contributed by atoms with Gasteiger partial charge in [-0.05, 0) is 24.3 Å². The topological polar surface area (TPSA) is 48.1 Å². The van der Waals surface area contributed by atoms with Gasteiger partial charge in [0.05, 0.1) is 5.52 Å². The highest BCUT2D eigenvalue weighted by atomic mass is 16.5. The van der Waals surface area contributed by atoms with Crippen molar-refractivity contribution in [3.63, 3.8) is 0 Å². The Hall–Kier alpha value is -2.21. The first kappa shape index (κ1) is 9.35. The van der Waals surface area contributed by atoms with Crippen molar-refractivity contribution in [1.29, 1.82) is 0 Å². The number of benzene rings is 1. The summed E-state index contributed by atoms with van der Waals surface area (Å²) < 4.78 is 5.39. The second-order valence-corrected chi connectivity index (χ2v) is 3.05. The standard InChI is InChI=1S/C12H10N2O/c1-2-8-15-11-5-3-4-10-9(11)6-7-12(13)14-10/h1,3-7H,8H2,(H2,13,14). The Morgan fingerprint density at radius 2 is 2.20 bits per heavy atom. The van der Waals surface area contributed by atoms with Gasteiger partial charge in [-0.1, -0.05) is 12.0 Å². The first-order chi connectivity index (χ1) is 7.31. The molecule has 3 nitrogen and oxygen atoms in total. The fraction of sp³-hybridized carbons (Fsp3) is 0.0833. The van der Waals surface area contributed by atoms with Crippen LogP contribution in [0.25, 0.3) is 10.9 Å². The van der Waals surface area contributed by atoms with Crippen molar-refractivity contribution in [3.8, 4) is 18.1 Å². The number of terminal acetylenes is 1. The van der Waals surface area contributed by atoms with Crippen LogP contribution in [0.15, 0.2) is 30.3 Å². The maximum atomic E-state index is 5.59.